The topological polar surface area (TPSA) is 16.6 Å². The average molecular weight is 217 g/mol. The highest BCUT2D eigenvalue weighted by Gasteiger charge is 2.20. The van der Waals surface area contributed by atoms with Crippen LogP contribution in [0.5, 0.6) is 0 Å². The van der Waals surface area contributed by atoms with Gasteiger partial charge in [-0.1, -0.05) is 20.8 Å². The van der Waals surface area contributed by atoms with Gasteiger partial charge in [-0.2, -0.15) is 0 Å². The first-order valence-electron chi connectivity index (χ1n) is 5.05. The Balaban J connectivity index is 0. The predicted octanol–water partition coefficient (Wildman–Crippen LogP) is 2.45. The highest BCUT2D eigenvalue weighted by Crippen LogP contribution is 2.06. The molecule has 14 heavy (non-hydrogen) atoms. The number of hydrogen-bond acceptors (Lipinski definition) is 0. The molecule has 0 fully saturated rings. The van der Waals surface area contributed by atoms with Crippen LogP contribution in [-0.4, -0.2) is 19.8 Å². The van der Waals surface area contributed by atoms with Gasteiger partial charge in [0.2, 0.25) is 0 Å². The molecule has 0 aromatic rings. The van der Waals surface area contributed by atoms with Gasteiger partial charge in [-0.3, -0.25) is 0 Å². The zero-order valence-corrected chi connectivity index (χ0v) is 9.07. The Labute approximate surface area is 83.4 Å². The lowest BCUT2D eigenvalue weighted by Crippen LogP contribution is -2.89. The maximum atomic E-state index is 9.75. The van der Waals surface area contributed by atoms with Crippen LogP contribution in [0.3, 0.4) is 0 Å². The molecule has 88 valence electrons. The van der Waals surface area contributed by atoms with Gasteiger partial charge in [-0.15, -0.1) is 0 Å². The van der Waals surface area contributed by atoms with Crippen molar-refractivity contribution in [3.05, 3.63) is 0 Å². The third-order valence-electron chi connectivity index (χ3n) is 1.84. The second-order valence-corrected chi connectivity index (χ2v) is 3.10. The Hall–Kier alpha value is -0.255. The minimum Gasteiger partial charge on any atom is -0.418 e. The van der Waals surface area contributed by atoms with Crippen LogP contribution in [0.4, 0.5) is 17.3 Å². The third kappa shape index (κ3) is 22.6. The molecule has 0 amide bonds. The zero-order chi connectivity index (χ0) is 11.6. The van der Waals surface area contributed by atoms with Crippen molar-refractivity contribution in [2.24, 2.45) is 0 Å². The molecule has 0 saturated heterocycles. The molecule has 0 saturated carbocycles. The number of quaternary nitrogens is 1. The van der Waals surface area contributed by atoms with Crippen molar-refractivity contribution >= 4 is 7.25 Å². The normalized spacial score (nSPS) is 11.1. The smallest absolute Gasteiger partial charge is 0.418 e. The summed E-state index contributed by atoms with van der Waals surface area (Å²) in [6.45, 7) is 8.06. The third-order valence-corrected chi connectivity index (χ3v) is 1.84. The molecule has 0 unspecified atom stereocenters. The summed E-state index contributed by atoms with van der Waals surface area (Å²) in [6.07, 6.45) is 3.93. The Morgan fingerprint density at radius 2 is 1.36 bits per heavy atom. The van der Waals surface area contributed by atoms with E-state index in [1.807, 2.05) is 0 Å². The molecule has 6 heteroatoms. The van der Waals surface area contributed by atoms with Gasteiger partial charge in [0.15, 0.2) is 0 Å². The molecule has 2 N–H and O–H groups in total. The Bertz CT molecular complexity index is 108. The second kappa shape index (κ2) is 9.31. The molecule has 0 aromatic carbocycles. The molecule has 0 spiro atoms. The van der Waals surface area contributed by atoms with Crippen molar-refractivity contribution < 1.29 is 22.6 Å². The molecule has 0 aliphatic rings. The first-order valence-corrected chi connectivity index (χ1v) is 5.05. The molecule has 0 bridgehead atoms. The van der Waals surface area contributed by atoms with Crippen molar-refractivity contribution in [2.75, 3.05) is 6.54 Å². The fourth-order valence-corrected chi connectivity index (χ4v) is 1.02. The predicted molar refractivity (Wildman–Crippen MR) is 51.6 cm³/mol. The van der Waals surface area contributed by atoms with Crippen molar-refractivity contribution in [1.29, 1.82) is 0 Å². The standard InChI is InChI=1S/C8H19N.BF4/c1-4-7-9-8(5-2)6-3;2-1(3,4)5/h8-9H,4-7H2,1-3H3;/q;-1/p+1. The fourth-order valence-electron chi connectivity index (χ4n) is 1.02. The van der Waals surface area contributed by atoms with E-state index in [4.69, 9.17) is 0 Å². The number of hydrogen-bond donors (Lipinski definition) is 1. The van der Waals surface area contributed by atoms with E-state index in [-0.39, 0.29) is 0 Å². The van der Waals surface area contributed by atoms with E-state index >= 15 is 0 Å². The quantitative estimate of drug-likeness (QED) is 0.538. The van der Waals surface area contributed by atoms with Crippen molar-refractivity contribution in [3.8, 4) is 0 Å². The molecular formula is C8H20BF4N. The van der Waals surface area contributed by atoms with Crippen LogP contribution < -0.4 is 5.32 Å². The van der Waals surface area contributed by atoms with Crippen LogP contribution in [-0.2, 0) is 0 Å². The summed E-state index contributed by atoms with van der Waals surface area (Å²) >= 11 is 0. The lowest BCUT2D eigenvalue weighted by molar-refractivity contribution is -0.689. The van der Waals surface area contributed by atoms with Gasteiger partial charge < -0.3 is 22.6 Å². The van der Waals surface area contributed by atoms with Crippen LogP contribution in [0.1, 0.15) is 40.0 Å². The average Bonchev–Trinajstić information content (AvgIpc) is 2.04. The molecular weight excluding hydrogens is 197 g/mol. The van der Waals surface area contributed by atoms with E-state index in [0.29, 0.717) is 0 Å². The van der Waals surface area contributed by atoms with Crippen molar-refractivity contribution in [2.45, 2.75) is 46.1 Å². The molecule has 0 aliphatic heterocycles. The van der Waals surface area contributed by atoms with Crippen molar-refractivity contribution in [3.63, 3.8) is 0 Å². The molecule has 1 nitrogen and oxygen atoms in total. The van der Waals surface area contributed by atoms with Gasteiger partial charge in [0.1, 0.15) is 0 Å². The lowest BCUT2D eigenvalue weighted by Gasteiger charge is -2.09. The Kier molecular flexibility index (Phi) is 10.8. The first kappa shape index (κ1) is 16.2. The summed E-state index contributed by atoms with van der Waals surface area (Å²) in [7, 11) is -6.00. The summed E-state index contributed by atoms with van der Waals surface area (Å²) in [4.78, 5) is 0. The molecule has 0 aliphatic carbocycles. The highest BCUT2D eigenvalue weighted by molar-refractivity contribution is 6.50. The maximum absolute atomic E-state index is 9.75. The maximum Gasteiger partial charge on any atom is 0.673 e. The molecule has 0 heterocycles. The molecule has 0 radical (unpaired) electrons. The van der Waals surface area contributed by atoms with Crippen LogP contribution in [0.15, 0.2) is 0 Å². The summed E-state index contributed by atoms with van der Waals surface area (Å²) in [6, 6.07) is 0.880. The van der Waals surface area contributed by atoms with Crippen LogP contribution in [0.25, 0.3) is 0 Å². The lowest BCUT2D eigenvalue weighted by atomic mass is 10.2. The van der Waals surface area contributed by atoms with E-state index < -0.39 is 7.25 Å². The number of halogens is 4. The van der Waals surface area contributed by atoms with Crippen molar-refractivity contribution in [1.82, 2.24) is 0 Å². The van der Waals surface area contributed by atoms with Gasteiger partial charge in [0, 0.05) is 0 Å². The summed E-state index contributed by atoms with van der Waals surface area (Å²) < 4.78 is 39.0. The monoisotopic (exact) mass is 217 g/mol. The number of nitrogens with two attached hydrogens (primary N) is 1. The van der Waals surface area contributed by atoms with Crippen LogP contribution >= 0.6 is 0 Å². The SMILES string of the molecule is CCC[NH2+]C(CC)CC.F[B-](F)(F)F. The zero-order valence-electron chi connectivity index (χ0n) is 9.07. The molecule has 0 aromatic heterocycles. The Morgan fingerprint density at radius 3 is 1.57 bits per heavy atom. The summed E-state index contributed by atoms with van der Waals surface area (Å²) in [5, 5.41) is 2.46. The number of rotatable bonds is 5. The minimum atomic E-state index is -6.00. The van der Waals surface area contributed by atoms with E-state index in [2.05, 4.69) is 26.1 Å². The van der Waals surface area contributed by atoms with Crippen LogP contribution in [0, 0.1) is 0 Å². The van der Waals surface area contributed by atoms with Gasteiger partial charge >= 0.3 is 7.25 Å². The van der Waals surface area contributed by atoms with E-state index in [1.165, 1.54) is 25.8 Å². The Morgan fingerprint density at radius 1 is 1.00 bits per heavy atom. The minimum absolute atomic E-state index is 0.880. The van der Waals surface area contributed by atoms with E-state index in [0.717, 1.165) is 6.04 Å². The molecule has 0 rings (SSSR count). The van der Waals surface area contributed by atoms with Crippen LogP contribution in [0.2, 0.25) is 0 Å². The first-order chi connectivity index (χ1) is 6.35. The van der Waals surface area contributed by atoms with Gasteiger partial charge in [0.05, 0.1) is 12.6 Å². The second-order valence-electron chi connectivity index (χ2n) is 3.10. The van der Waals surface area contributed by atoms with E-state index in [1.54, 1.807) is 0 Å². The fraction of sp³-hybridized carbons (Fsp3) is 1.00. The molecule has 0 atom stereocenters. The summed E-state index contributed by atoms with van der Waals surface area (Å²) in [5.74, 6) is 0. The van der Waals surface area contributed by atoms with E-state index in [9.17, 15) is 17.3 Å². The van der Waals surface area contributed by atoms with Gasteiger partial charge in [0.25, 0.3) is 0 Å². The largest absolute Gasteiger partial charge is 0.673 e. The van der Waals surface area contributed by atoms with Gasteiger partial charge in [-0.05, 0) is 19.3 Å². The van der Waals surface area contributed by atoms with Gasteiger partial charge in [-0.25, -0.2) is 0 Å². The summed E-state index contributed by atoms with van der Waals surface area (Å²) in [5.41, 5.74) is 0. The highest BCUT2D eigenvalue weighted by atomic mass is 19.5.